The number of fused-ring (bicyclic) bond motifs is 1. The van der Waals surface area contributed by atoms with Gasteiger partial charge in [-0.1, -0.05) is 6.92 Å². The summed E-state index contributed by atoms with van der Waals surface area (Å²) in [5.74, 6) is 1.82. The van der Waals surface area contributed by atoms with Crippen molar-refractivity contribution in [1.29, 1.82) is 0 Å². The van der Waals surface area contributed by atoms with Crippen LogP contribution in [-0.4, -0.2) is 21.5 Å². The van der Waals surface area contributed by atoms with Gasteiger partial charge in [-0.2, -0.15) is 0 Å². The van der Waals surface area contributed by atoms with Crippen molar-refractivity contribution < 1.29 is 0 Å². The van der Waals surface area contributed by atoms with Crippen LogP contribution < -0.4 is 10.6 Å². The van der Waals surface area contributed by atoms with Gasteiger partial charge in [-0.15, -0.1) is 11.3 Å². The van der Waals surface area contributed by atoms with Gasteiger partial charge in [-0.3, -0.25) is 0 Å². The predicted octanol–water partition coefficient (Wildman–Crippen LogP) is 2.37. The van der Waals surface area contributed by atoms with Gasteiger partial charge in [0.05, 0.1) is 22.9 Å². The van der Waals surface area contributed by atoms with Crippen LogP contribution in [0.15, 0.2) is 0 Å². The van der Waals surface area contributed by atoms with Crippen LogP contribution in [0.5, 0.6) is 0 Å². The number of aryl methyl sites for hydroxylation is 3. The lowest BCUT2D eigenvalue weighted by atomic mass is 10.1. The summed E-state index contributed by atoms with van der Waals surface area (Å²) in [5.41, 5.74) is 3.59. The first kappa shape index (κ1) is 14.4. The zero-order valence-electron chi connectivity index (χ0n) is 12.8. The smallest absolute Gasteiger partial charge is 0.133 e. The largest absolute Gasteiger partial charge is 0.365 e. The molecule has 0 bridgehead atoms. The van der Waals surface area contributed by atoms with Crippen LogP contribution in [0.4, 0.5) is 5.82 Å². The van der Waals surface area contributed by atoms with Crippen LogP contribution in [0.25, 0.3) is 0 Å². The zero-order valence-corrected chi connectivity index (χ0v) is 13.6. The van der Waals surface area contributed by atoms with Gasteiger partial charge in [0.1, 0.15) is 11.6 Å². The number of thiazole rings is 1. The van der Waals surface area contributed by atoms with Crippen LogP contribution in [-0.2, 0) is 25.9 Å². The van der Waals surface area contributed by atoms with Crippen molar-refractivity contribution in [3.63, 3.8) is 0 Å². The molecule has 2 aromatic rings. The van der Waals surface area contributed by atoms with E-state index in [4.69, 9.17) is 0 Å². The molecule has 0 atom stereocenters. The Hall–Kier alpha value is -1.53. The number of rotatable bonds is 4. The molecule has 0 amide bonds. The van der Waals surface area contributed by atoms with E-state index in [9.17, 15) is 0 Å². The minimum atomic E-state index is 0.797. The Morgan fingerprint density at radius 3 is 2.90 bits per heavy atom. The van der Waals surface area contributed by atoms with Crippen LogP contribution >= 0.6 is 11.3 Å². The molecule has 3 rings (SSSR count). The molecular weight excluding hydrogens is 282 g/mol. The molecule has 1 aliphatic rings. The normalized spacial score (nSPS) is 14.0. The number of hydrogen-bond donors (Lipinski definition) is 2. The van der Waals surface area contributed by atoms with Crippen molar-refractivity contribution in [2.75, 3.05) is 11.9 Å². The summed E-state index contributed by atoms with van der Waals surface area (Å²) in [6.45, 7) is 8.80. The first-order valence-corrected chi connectivity index (χ1v) is 8.25. The molecular formula is C15H21N5S. The summed E-state index contributed by atoms with van der Waals surface area (Å²) >= 11 is 1.77. The molecule has 5 nitrogen and oxygen atoms in total. The van der Waals surface area contributed by atoms with Crippen LogP contribution in [0.1, 0.15) is 39.6 Å². The van der Waals surface area contributed by atoms with Gasteiger partial charge < -0.3 is 10.6 Å². The Balaban J connectivity index is 1.83. The van der Waals surface area contributed by atoms with E-state index in [1.54, 1.807) is 11.3 Å². The van der Waals surface area contributed by atoms with Gasteiger partial charge in [0.2, 0.25) is 0 Å². The molecule has 2 N–H and O–H groups in total. The fraction of sp³-hybridized carbons (Fsp3) is 0.533. The van der Waals surface area contributed by atoms with Gasteiger partial charge in [0.25, 0.3) is 0 Å². The molecule has 3 heterocycles. The molecule has 0 radical (unpaired) electrons. The Labute approximate surface area is 129 Å². The van der Waals surface area contributed by atoms with Crippen LogP contribution in [0, 0.1) is 13.8 Å². The summed E-state index contributed by atoms with van der Waals surface area (Å²) in [5, 5.41) is 8.01. The third-order valence-corrected chi connectivity index (χ3v) is 4.70. The quantitative estimate of drug-likeness (QED) is 0.908. The first-order chi connectivity index (χ1) is 10.2. The molecule has 1 aliphatic heterocycles. The molecule has 0 fully saturated rings. The minimum absolute atomic E-state index is 0.797. The second-order valence-corrected chi connectivity index (χ2v) is 6.57. The van der Waals surface area contributed by atoms with Gasteiger partial charge in [0.15, 0.2) is 0 Å². The van der Waals surface area contributed by atoms with E-state index in [1.165, 1.54) is 16.1 Å². The highest BCUT2D eigenvalue weighted by molar-refractivity contribution is 7.11. The second kappa shape index (κ2) is 6.07. The van der Waals surface area contributed by atoms with Crippen molar-refractivity contribution in [3.8, 4) is 0 Å². The van der Waals surface area contributed by atoms with E-state index in [1.807, 2.05) is 6.92 Å². The third kappa shape index (κ3) is 3.06. The van der Waals surface area contributed by atoms with Crippen LogP contribution in [0.2, 0.25) is 0 Å². The molecule has 0 aromatic carbocycles. The maximum absolute atomic E-state index is 4.60. The molecule has 21 heavy (non-hydrogen) atoms. The first-order valence-electron chi connectivity index (χ1n) is 7.43. The Morgan fingerprint density at radius 2 is 2.10 bits per heavy atom. The molecule has 0 saturated heterocycles. The number of anilines is 1. The van der Waals surface area contributed by atoms with Crippen molar-refractivity contribution >= 4 is 17.2 Å². The fourth-order valence-corrected chi connectivity index (χ4v) is 3.68. The maximum atomic E-state index is 4.60. The monoisotopic (exact) mass is 303 g/mol. The lowest BCUT2D eigenvalue weighted by Crippen LogP contribution is -2.26. The van der Waals surface area contributed by atoms with E-state index in [2.05, 4.69) is 39.4 Å². The summed E-state index contributed by atoms with van der Waals surface area (Å²) < 4.78 is 0. The number of nitrogens with zero attached hydrogens (tertiary/aromatic N) is 3. The van der Waals surface area contributed by atoms with Crippen molar-refractivity contribution in [2.45, 2.75) is 46.7 Å². The lowest BCUT2D eigenvalue weighted by molar-refractivity contribution is 0.621. The Bertz CT molecular complexity index is 650. The number of aromatic nitrogens is 3. The van der Waals surface area contributed by atoms with E-state index < -0.39 is 0 Å². The van der Waals surface area contributed by atoms with Gasteiger partial charge in [-0.25, -0.2) is 15.0 Å². The Morgan fingerprint density at radius 1 is 1.24 bits per heavy atom. The highest BCUT2D eigenvalue weighted by Crippen LogP contribution is 2.23. The summed E-state index contributed by atoms with van der Waals surface area (Å²) in [6.07, 6.45) is 1.96. The van der Waals surface area contributed by atoms with E-state index in [-0.39, 0.29) is 0 Å². The maximum Gasteiger partial charge on any atom is 0.133 e. The number of nitrogens with one attached hydrogen (secondary N) is 2. The average molecular weight is 303 g/mol. The molecule has 0 spiro atoms. The standard InChI is InChI=1S/C15H21N5S/c1-4-12-14(21-10(3)20-12)8-17-15-11-5-6-16-7-13(11)18-9(2)19-15/h16H,4-8H2,1-3H3,(H,17,18,19). The summed E-state index contributed by atoms with van der Waals surface area (Å²) in [7, 11) is 0. The molecule has 2 aromatic heterocycles. The minimum Gasteiger partial charge on any atom is -0.365 e. The van der Waals surface area contributed by atoms with Crippen molar-refractivity contribution in [2.24, 2.45) is 0 Å². The second-order valence-electron chi connectivity index (χ2n) is 5.28. The van der Waals surface area contributed by atoms with E-state index >= 15 is 0 Å². The van der Waals surface area contributed by atoms with E-state index in [0.29, 0.717) is 0 Å². The van der Waals surface area contributed by atoms with Crippen LogP contribution in [0.3, 0.4) is 0 Å². The number of hydrogen-bond acceptors (Lipinski definition) is 6. The van der Waals surface area contributed by atoms with Gasteiger partial charge >= 0.3 is 0 Å². The average Bonchev–Trinajstić information content (AvgIpc) is 2.84. The highest BCUT2D eigenvalue weighted by atomic mass is 32.1. The topological polar surface area (TPSA) is 62.7 Å². The Kier molecular flexibility index (Phi) is 4.17. The fourth-order valence-electron chi connectivity index (χ4n) is 2.72. The molecule has 6 heteroatoms. The van der Waals surface area contributed by atoms with Gasteiger partial charge in [-0.05, 0) is 33.2 Å². The summed E-state index contributed by atoms with van der Waals surface area (Å²) in [6, 6.07) is 0. The molecule has 0 unspecified atom stereocenters. The van der Waals surface area contributed by atoms with Crippen molar-refractivity contribution in [3.05, 3.63) is 32.7 Å². The summed E-state index contributed by atoms with van der Waals surface area (Å²) in [4.78, 5) is 15.0. The van der Waals surface area contributed by atoms with E-state index in [0.717, 1.165) is 54.8 Å². The molecule has 0 saturated carbocycles. The van der Waals surface area contributed by atoms with Crippen molar-refractivity contribution in [1.82, 2.24) is 20.3 Å². The third-order valence-electron chi connectivity index (χ3n) is 3.69. The highest BCUT2D eigenvalue weighted by Gasteiger charge is 2.17. The predicted molar refractivity (Wildman–Crippen MR) is 85.7 cm³/mol. The zero-order chi connectivity index (χ0) is 14.8. The SMILES string of the molecule is CCc1nc(C)sc1CNc1nc(C)nc2c1CCNC2. The molecule has 0 aliphatic carbocycles. The van der Waals surface area contributed by atoms with Gasteiger partial charge in [0, 0.05) is 17.0 Å². The molecule has 112 valence electrons. The lowest BCUT2D eigenvalue weighted by Gasteiger charge is -2.20.